The summed E-state index contributed by atoms with van der Waals surface area (Å²) in [6.45, 7) is 1.91. The first kappa shape index (κ1) is 16.1. The van der Waals surface area contributed by atoms with Crippen LogP contribution in [-0.2, 0) is 18.2 Å². The van der Waals surface area contributed by atoms with Gasteiger partial charge in [0.25, 0.3) is 0 Å². The average Bonchev–Trinajstić information content (AvgIpc) is 2.97. The molecule has 0 fully saturated rings. The molecule has 1 amide bonds. The molecule has 2 aromatic rings. The SMILES string of the molecule is Cn1cc(C(N)=O)cc1C(=O)OCCN1CCCc2ccccc21. The largest absolute Gasteiger partial charge is 0.459 e. The van der Waals surface area contributed by atoms with Crippen LogP contribution >= 0.6 is 0 Å². The summed E-state index contributed by atoms with van der Waals surface area (Å²) in [6.07, 6.45) is 3.72. The summed E-state index contributed by atoms with van der Waals surface area (Å²) in [5, 5.41) is 0. The lowest BCUT2D eigenvalue weighted by atomic mass is 10.0. The van der Waals surface area contributed by atoms with Crippen molar-refractivity contribution >= 4 is 17.6 Å². The van der Waals surface area contributed by atoms with E-state index in [0.717, 1.165) is 19.4 Å². The quantitative estimate of drug-likeness (QED) is 0.849. The van der Waals surface area contributed by atoms with Crippen LogP contribution in [0.15, 0.2) is 36.5 Å². The molecule has 2 heterocycles. The van der Waals surface area contributed by atoms with Crippen molar-refractivity contribution in [2.75, 3.05) is 24.6 Å². The second-order valence-corrected chi connectivity index (χ2v) is 5.94. The minimum Gasteiger partial charge on any atom is -0.459 e. The Bertz CT molecular complexity index is 767. The minimum absolute atomic E-state index is 0.296. The Morgan fingerprint density at radius 3 is 2.83 bits per heavy atom. The van der Waals surface area contributed by atoms with Crippen LogP contribution in [0, 0.1) is 0 Å². The van der Waals surface area contributed by atoms with Crippen molar-refractivity contribution in [3.05, 3.63) is 53.3 Å². The monoisotopic (exact) mass is 327 g/mol. The van der Waals surface area contributed by atoms with Crippen molar-refractivity contribution in [3.8, 4) is 0 Å². The van der Waals surface area contributed by atoms with Crippen LogP contribution in [-0.4, -0.2) is 36.1 Å². The van der Waals surface area contributed by atoms with E-state index in [4.69, 9.17) is 10.5 Å². The van der Waals surface area contributed by atoms with Crippen molar-refractivity contribution in [1.29, 1.82) is 0 Å². The van der Waals surface area contributed by atoms with Crippen LogP contribution in [0.2, 0.25) is 0 Å². The number of nitrogens with zero attached hydrogens (tertiary/aromatic N) is 2. The van der Waals surface area contributed by atoms with Crippen molar-refractivity contribution in [3.63, 3.8) is 0 Å². The van der Waals surface area contributed by atoms with Gasteiger partial charge in [-0.05, 0) is 30.5 Å². The third kappa shape index (κ3) is 3.27. The highest BCUT2D eigenvalue weighted by molar-refractivity contribution is 5.96. The Kier molecular flexibility index (Phi) is 4.55. The van der Waals surface area contributed by atoms with E-state index < -0.39 is 11.9 Å². The molecule has 6 heteroatoms. The van der Waals surface area contributed by atoms with Gasteiger partial charge in [-0.3, -0.25) is 4.79 Å². The molecule has 1 aromatic heterocycles. The van der Waals surface area contributed by atoms with Gasteiger partial charge in [-0.15, -0.1) is 0 Å². The van der Waals surface area contributed by atoms with Gasteiger partial charge in [0.05, 0.1) is 12.1 Å². The molecule has 0 saturated heterocycles. The number of para-hydroxylation sites is 1. The number of nitrogens with two attached hydrogens (primary N) is 1. The highest BCUT2D eigenvalue weighted by atomic mass is 16.5. The highest BCUT2D eigenvalue weighted by Crippen LogP contribution is 2.26. The third-order valence-electron chi connectivity index (χ3n) is 4.30. The van der Waals surface area contributed by atoms with Gasteiger partial charge in [0.1, 0.15) is 12.3 Å². The number of benzene rings is 1. The van der Waals surface area contributed by atoms with E-state index in [1.807, 2.05) is 12.1 Å². The lowest BCUT2D eigenvalue weighted by Gasteiger charge is -2.31. The van der Waals surface area contributed by atoms with Crippen LogP contribution in [0.25, 0.3) is 0 Å². The molecule has 24 heavy (non-hydrogen) atoms. The van der Waals surface area contributed by atoms with Gasteiger partial charge in [-0.1, -0.05) is 18.2 Å². The maximum absolute atomic E-state index is 12.2. The summed E-state index contributed by atoms with van der Waals surface area (Å²) in [6, 6.07) is 9.78. The molecule has 0 atom stereocenters. The molecule has 1 aromatic carbocycles. The van der Waals surface area contributed by atoms with E-state index in [2.05, 4.69) is 17.0 Å². The van der Waals surface area contributed by atoms with E-state index in [1.54, 1.807) is 11.6 Å². The highest BCUT2D eigenvalue weighted by Gasteiger charge is 2.18. The van der Waals surface area contributed by atoms with Crippen LogP contribution in [0.4, 0.5) is 5.69 Å². The second-order valence-electron chi connectivity index (χ2n) is 5.94. The number of carbonyl (C=O) groups excluding carboxylic acids is 2. The number of fused-ring (bicyclic) bond motifs is 1. The van der Waals surface area contributed by atoms with Crippen molar-refractivity contribution in [1.82, 2.24) is 4.57 Å². The first-order chi connectivity index (χ1) is 11.6. The summed E-state index contributed by atoms with van der Waals surface area (Å²) < 4.78 is 6.92. The standard InChI is InChI=1S/C18H21N3O3/c1-20-12-14(17(19)22)11-16(20)18(23)24-10-9-21-8-4-6-13-5-2-3-7-15(13)21/h2-3,5,7,11-12H,4,6,8-10H2,1H3,(H2,19,22). The Labute approximate surface area is 140 Å². The van der Waals surface area contributed by atoms with Crippen molar-refractivity contribution < 1.29 is 14.3 Å². The number of amides is 1. The number of ether oxygens (including phenoxy) is 1. The van der Waals surface area contributed by atoms with Crippen LogP contribution in [0.3, 0.4) is 0 Å². The maximum atomic E-state index is 12.2. The molecular weight excluding hydrogens is 306 g/mol. The van der Waals surface area contributed by atoms with Gasteiger partial charge in [0.15, 0.2) is 0 Å². The number of esters is 1. The summed E-state index contributed by atoms with van der Waals surface area (Å²) in [5.41, 5.74) is 8.40. The van der Waals surface area contributed by atoms with Crippen LogP contribution in [0.1, 0.15) is 32.8 Å². The third-order valence-corrected chi connectivity index (χ3v) is 4.30. The minimum atomic E-state index is -0.561. The summed E-state index contributed by atoms with van der Waals surface area (Å²) in [5.74, 6) is -1.01. The molecule has 0 spiro atoms. The Hall–Kier alpha value is -2.76. The molecule has 1 aliphatic heterocycles. The maximum Gasteiger partial charge on any atom is 0.355 e. The summed E-state index contributed by atoms with van der Waals surface area (Å²) >= 11 is 0. The van der Waals surface area contributed by atoms with E-state index in [0.29, 0.717) is 24.4 Å². The first-order valence-corrected chi connectivity index (χ1v) is 8.02. The second kappa shape index (κ2) is 6.78. The Balaban J connectivity index is 1.59. The number of rotatable bonds is 5. The van der Waals surface area contributed by atoms with E-state index in [9.17, 15) is 9.59 Å². The van der Waals surface area contributed by atoms with Crippen molar-refractivity contribution in [2.24, 2.45) is 12.8 Å². The molecule has 0 unspecified atom stereocenters. The van der Waals surface area contributed by atoms with E-state index in [1.165, 1.54) is 23.5 Å². The van der Waals surface area contributed by atoms with E-state index >= 15 is 0 Å². The zero-order chi connectivity index (χ0) is 17.1. The van der Waals surface area contributed by atoms with Gasteiger partial charge in [-0.25, -0.2) is 4.79 Å². The number of carbonyl (C=O) groups is 2. The van der Waals surface area contributed by atoms with Crippen LogP contribution in [0.5, 0.6) is 0 Å². The van der Waals surface area contributed by atoms with Gasteiger partial charge >= 0.3 is 5.97 Å². The molecule has 3 rings (SSSR count). The van der Waals surface area contributed by atoms with Gasteiger partial charge in [0.2, 0.25) is 5.91 Å². The van der Waals surface area contributed by atoms with Crippen LogP contribution < -0.4 is 10.6 Å². The molecule has 0 saturated carbocycles. The Morgan fingerprint density at radius 2 is 2.08 bits per heavy atom. The number of hydrogen-bond acceptors (Lipinski definition) is 4. The molecule has 0 aliphatic carbocycles. The number of anilines is 1. The van der Waals surface area contributed by atoms with Crippen molar-refractivity contribution in [2.45, 2.75) is 12.8 Å². The number of aryl methyl sites for hydroxylation is 2. The first-order valence-electron chi connectivity index (χ1n) is 8.02. The lowest BCUT2D eigenvalue weighted by Crippen LogP contribution is -2.33. The fraction of sp³-hybridized carbons (Fsp3) is 0.333. The number of aromatic nitrogens is 1. The molecular formula is C18H21N3O3. The lowest BCUT2D eigenvalue weighted by molar-refractivity contribution is 0.0503. The summed E-state index contributed by atoms with van der Waals surface area (Å²) in [7, 11) is 1.68. The molecule has 0 radical (unpaired) electrons. The molecule has 1 aliphatic rings. The number of hydrogen-bond donors (Lipinski definition) is 1. The Morgan fingerprint density at radius 1 is 1.29 bits per heavy atom. The predicted octanol–water partition coefficient (Wildman–Crippen LogP) is 1.73. The zero-order valence-corrected chi connectivity index (χ0v) is 13.7. The normalized spacial score (nSPS) is 13.5. The van der Waals surface area contributed by atoms with Gasteiger partial charge in [0, 0.05) is 25.5 Å². The summed E-state index contributed by atoms with van der Waals surface area (Å²) in [4.78, 5) is 25.6. The van der Waals surface area contributed by atoms with E-state index in [-0.39, 0.29) is 0 Å². The van der Waals surface area contributed by atoms with Gasteiger partial charge < -0.3 is 19.9 Å². The molecule has 6 nitrogen and oxygen atoms in total. The topological polar surface area (TPSA) is 77.6 Å². The zero-order valence-electron chi connectivity index (χ0n) is 13.7. The fourth-order valence-electron chi connectivity index (χ4n) is 3.07. The van der Waals surface area contributed by atoms with Gasteiger partial charge in [-0.2, -0.15) is 0 Å². The fourth-order valence-corrected chi connectivity index (χ4v) is 3.07. The molecule has 0 bridgehead atoms. The molecule has 2 N–H and O–H groups in total. The average molecular weight is 327 g/mol. The predicted molar refractivity (Wildman–Crippen MR) is 91.2 cm³/mol. The number of primary amides is 1. The molecule has 126 valence electrons. The smallest absolute Gasteiger partial charge is 0.355 e.